The van der Waals surface area contributed by atoms with Crippen LogP contribution in [0.1, 0.15) is 28.4 Å². The van der Waals surface area contributed by atoms with E-state index >= 15 is 0 Å². The molecular formula is C21H15BrFN3O2. The van der Waals surface area contributed by atoms with E-state index in [-0.39, 0.29) is 34.0 Å². The van der Waals surface area contributed by atoms with Crippen LogP contribution in [0.2, 0.25) is 0 Å². The van der Waals surface area contributed by atoms with Crippen LogP contribution in [0.3, 0.4) is 0 Å². The van der Waals surface area contributed by atoms with Crippen molar-refractivity contribution in [1.29, 1.82) is 0 Å². The molecule has 0 saturated carbocycles. The highest BCUT2D eigenvalue weighted by atomic mass is 79.9. The van der Waals surface area contributed by atoms with Gasteiger partial charge in [-0.25, -0.2) is 9.18 Å². The number of aromatic nitrogens is 3. The lowest BCUT2D eigenvalue weighted by atomic mass is 9.97. The minimum atomic E-state index is -0.533. The van der Waals surface area contributed by atoms with E-state index in [1.165, 1.54) is 10.6 Å². The maximum Gasteiger partial charge on any atom is 0.329 e. The summed E-state index contributed by atoms with van der Waals surface area (Å²) in [7, 11) is 1.69. The van der Waals surface area contributed by atoms with Crippen molar-refractivity contribution in [1.82, 2.24) is 14.1 Å². The Morgan fingerprint density at radius 3 is 2.75 bits per heavy atom. The fourth-order valence-corrected chi connectivity index (χ4v) is 4.72. The largest absolute Gasteiger partial charge is 0.329 e. The molecule has 2 aromatic carbocycles. The molecule has 0 bridgehead atoms. The molecule has 0 N–H and O–H groups in total. The molecule has 0 amide bonds. The van der Waals surface area contributed by atoms with Gasteiger partial charge >= 0.3 is 5.69 Å². The first kappa shape index (κ1) is 17.3. The molecule has 1 atom stereocenters. The van der Waals surface area contributed by atoms with Gasteiger partial charge in [-0.2, -0.15) is 0 Å². The summed E-state index contributed by atoms with van der Waals surface area (Å²) in [5.41, 5.74) is 2.74. The Bertz CT molecular complexity index is 1340. The lowest BCUT2D eigenvalue weighted by Gasteiger charge is -2.16. The van der Waals surface area contributed by atoms with Crippen LogP contribution in [0, 0.1) is 5.82 Å². The van der Waals surface area contributed by atoms with Crippen LogP contribution in [0.5, 0.6) is 0 Å². The van der Waals surface area contributed by atoms with Crippen LogP contribution >= 0.6 is 15.9 Å². The number of imidazole rings is 1. The molecule has 3 heterocycles. The number of halogens is 2. The third-order valence-corrected chi connectivity index (χ3v) is 6.25. The molecule has 0 radical (unpaired) electrons. The second-order valence-corrected chi connectivity index (χ2v) is 7.91. The number of aryl methyl sites for hydroxylation is 1. The predicted molar refractivity (Wildman–Crippen MR) is 108 cm³/mol. The third-order valence-electron chi connectivity index (χ3n) is 5.48. The van der Waals surface area contributed by atoms with E-state index in [9.17, 15) is 14.0 Å². The molecule has 0 unspecified atom stereocenters. The number of hydrogen-bond acceptors (Lipinski definition) is 3. The second-order valence-electron chi connectivity index (χ2n) is 7.12. The minimum Gasteiger partial charge on any atom is -0.294 e. The molecular weight excluding hydrogens is 425 g/mol. The second kappa shape index (κ2) is 6.10. The van der Waals surface area contributed by atoms with E-state index in [4.69, 9.17) is 0 Å². The Kier molecular flexibility index (Phi) is 3.77. The fraction of sp³-hybridized carbons (Fsp3) is 0.190. The van der Waals surface area contributed by atoms with Crippen LogP contribution < -0.4 is 5.69 Å². The highest BCUT2D eigenvalue weighted by molar-refractivity contribution is 9.10. The minimum absolute atomic E-state index is 0.111. The van der Waals surface area contributed by atoms with E-state index in [1.807, 2.05) is 30.3 Å². The molecule has 28 heavy (non-hydrogen) atoms. The monoisotopic (exact) mass is 439 g/mol. The maximum atomic E-state index is 14.4. The highest BCUT2D eigenvalue weighted by Gasteiger charge is 2.32. The molecule has 2 aromatic heterocycles. The Hall–Kier alpha value is -2.80. The van der Waals surface area contributed by atoms with E-state index in [0.717, 1.165) is 5.56 Å². The van der Waals surface area contributed by atoms with Crippen molar-refractivity contribution in [2.24, 2.45) is 7.05 Å². The van der Waals surface area contributed by atoms with Gasteiger partial charge in [0.2, 0.25) is 0 Å². The first-order chi connectivity index (χ1) is 13.5. The van der Waals surface area contributed by atoms with Crippen LogP contribution in [0.25, 0.3) is 21.9 Å². The lowest BCUT2D eigenvalue weighted by molar-refractivity contribution is 0.0965. The average molecular weight is 440 g/mol. The molecule has 5 rings (SSSR count). The first-order valence-electron chi connectivity index (χ1n) is 8.92. The number of rotatable bonds is 2. The van der Waals surface area contributed by atoms with E-state index in [1.54, 1.807) is 17.8 Å². The van der Waals surface area contributed by atoms with Gasteiger partial charge in [0.15, 0.2) is 5.78 Å². The molecule has 7 heteroatoms. The fourth-order valence-electron chi connectivity index (χ4n) is 4.18. The summed E-state index contributed by atoms with van der Waals surface area (Å²) < 4.78 is 17.8. The standard InChI is InChI=1S/C21H15BrFN3O2/c1-25-15-10-24-14-9-13(23)19(22)18-16(27)8-12(7-11-5-3-2-4-6-11)26(21(25)28)20(15)17(14)18/h2-6,9-10,12H,7-8H2,1H3/t12-/m0/s1. The number of pyridine rings is 1. The third kappa shape index (κ3) is 2.32. The van der Waals surface area contributed by atoms with Crippen molar-refractivity contribution in [3.05, 3.63) is 74.5 Å². The zero-order valence-electron chi connectivity index (χ0n) is 14.9. The molecule has 0 saturated heterocycles. The van der Waals surface area contributed by atoms with Crippen molar-refractivity contribution in [3.8, 4) is 0 Å². The van der Waals surface area contributed by atoms with Gasteiger partial charge in [0.25, 0.3) is 0 Å². The lowest BCUT2D eigenvalue weighted by Crippen LogP contribution is -2.28. The zero-order chi connectivity index (χ0) is 19.6. The number of hydrogen-bond donors (Lipinski definition) is 0. The zero-order valence-corrected chi connectivity index (χ0v) is 16.5. The highest BCUT2D eigenvalue weighted by Crippen LogP contribution is 2.38. The summed E-state index contributed by atoms with van der Waals surface area (Å²) in [6, 6.07) is 10.7. The Labute approximate surface area is 167 Å². The van der Waals surface area contributed by atoms with Crippen LogP contribution in [-0.4, -0.2) is 19.9 Å². The number of benzene rings is 2. The van der Waals surface area contributed by atoms with Crippen LogP contribution in [-0.2, 0) is 13.5 Å². The van der Waals surface area contributed by atoms with Crippen LogP contribution in [0.15, 0.2) is 51.9 Å². The van der Waals surface area contributed by atoms with E-state index < -0.39 is 5.82 Å². The molecule has 0 fully saturated rings. The molecule has 1 aliphatic rings. The number of Topliss-reactive ketones (excluding diaryl/α,β-unsaturated/α-hetero) is 1. The maximum absolute atomic E-state index is 14.4. The van der Waals surface area contributed by atoms with Crippen molar-refractivity contribution in [2.45, 2.75) is 18.9 Å². The van der Waals surface area contributed by atoms with Crippen molar-refractivity contribution >= 4 is 43.6 Å². The van der Waals surface area contributed by atoms with Crippen LogP contribution in [0.4, 0.5) is 4.39 Å². The number of carbonyl (C=O) groups is 1. The molecule has 4 aromatic rings. The molecule has 0 spiro atoms. The Morgan fingerprint density at radius 2 is 2.00 bits per heavy atom. The number of ketones is 1. The summed E-state index contributed by atoms with van der Waals surface area (Å²) in [6.07, 6.45) is 2.21. The van der Waals surface area contributed by atoms with Gasteiger partial charge < -0.3 is 0 Å². The SMILES string of the molecule is Cn1c(=O)n2c3c4c(c(Br)c(F)cc4ncc31)C(=O)C[C@@H]2Cc1ccccc1. The summed E-state index contributed by atoms with van der Waals surface area (Å²) in [6.45, 7) is 0. The van der Waals surface area contributed by atoms with Crippen molar-refractivity contribution < 1.29 is 9.18 Å². The van der Waals surface area contributed by atoms with Gasteiger partial charge in [0, 0.05) is 30.5 Å². The first-order valence-corrected chi connectivity index (χ1v) is 9.71. The number of nitrogens with zero attached hydrogens (tertiary/aromatic N) is 3. The average Bonchev–Trinajstić information content (AvgIpc) is 2.85. The summed E-state index contributed by atoms with van der Waals surface area (Å²) in [5, 5.41) is 0.532. The molecule has 0 aliphatic carbocycles. The normalized spacial score (nSPS) is 16.2. The molecule has 1 aliphatic heterocycles. The number of carbonyl (C=O) groups excluding carboxylic acids is 1. The predicted octanol–water partition coefficient (Wildman–Crippen LogP) is 4.16. The Balaban J connectivity index is 1.89. The van der Waals surface area contributed by atoms with Gasteiger partial charge in [-0.1, -0.05) is 30.3 Å². The van der Waals surface area contributed by atoms with Gasteiger partial charge in [-0.15, -0.1) is 0 Å². The van der Waals surface area contributed by atoms with Gasteiger partial charge in [0.1, 0.15) is 5.82 Å². The summed E-state index contributed by atoms with van der Waals surface area (Å²) >= 11 is 3.25. The smallest absolute Gasteiger partial charge is 0.294 e. The van der Waals surface area contributed by atoms with E-state index in [0.29, 0.717) is 28.4 Å². The van der Waals surface area contributed by atoms with Gasteiger partial charge in [-0.05, 0) is 27.9 Å². The van der Waals surface area contributed by atoms with Crippen molar-refractivity contribution in [2.75, 3.05) is 0 Å². The van der Waals surface area contributed by atoms with E-state index in [2.05, 4.69) is 20.9 Å². The topological polar surface area (TPSA) is 56.9 Å². The van der Waals surface area contributed by atoms with Crippen molar-refractivity contribution in [3.63, 3.8) is 0 Å². The van der Waals surface area contributed by atoms with Gasteiger partial charge in [-0.3, -0.25) is 18.9 Å². The molecule has 5 nitrogen and oxygen atoms in total. The quantitative estimate of drug-likeness (QED) is 0.471. The summed E-state index contributed by atoms with van der Waals surface area (Å²) in [5.74, 6) is -0.730. The van der Waals surface area contributed by atoms with Gasteiger partial charge in [0.05, 0.1) is 33.3 Å². The Morgan fingerprint density at radius 1 is 1.25 bits per heavy atom. The molecule has 140 valence electrons. The summed E-state index contributed by atoms with van der Waals surface area (Å²) in [4.78, 5) is 30.6.